The van der Waals surface area contributed by atoms with Crippen molar-refractivity contribution < 1.29 is 0 Å². The van der Waals surface area contributed by atoms with Gasteiger partial charge in [0.15, 0.2) is 0 Å². The Labute approximate surface area is 120 Å². The van der Waals surface area contributed by atoms with Crippen molar-refractivity contribution >= 4 is 23.4 Å². The van der Waals surface area contributed by atoms with Gasteiger partial charge in [0.25, 0.3) is 0 Å². The topological polar surface area (TPSA) is 63.8 Å². The highest BCUT2D eigenvalue weighted by Gasteiger charge is 2.31. The molecule has 0 amide bonds. The first kappa shape index (κ1) is 14.4. The molecule has 1 aliphatic carbocycles. The van der Waals surface area contributed by atoms with Crippen LogP contribution in [-0.4, -0.2) is 27.5 Å². The molecule has 0 aromatic carbocycles. The fourth-order valence-electron chi connectivity index (χ4n) is 2.82. The molecule has 0 atom stereocenters. The highest BCUT2D eigenvalue weighted by molar-refractivity contribution is 8.00. The number of nitrogen functional groups attached to an aromatic ring is 1. The van der Waals surface area contributed by atoms with E-state index in [1.807, 2.05) is 11.8 Å². The maximum Gasteiger partial charge on any atom is 0.134 e. The van der Waals surface area contributed by atoms with Crippen LogP contribution in [0.2, 0.25) is 0 Å². The van der Waals surface area contributed by atoms with Crippen molar-refractivity contribution in [2.45, 2.75) is 50.2 Å². The molecule has 1 heterocycles. The summed E-state index contributed by atoms with van der Waals surface area (Å²) in [6, 6.07) is 0. The molecule has 0 saturated heterocycles. The molecule has 0 spiro atoms. The Balaban J connectivity index is 2.07. The van der Waals surface area contributed by atoms with E-state index in [1.165, 1.54) is 32.1 Å². The quantitative estimate of drug-likeness (QED) is 0.867. The second kappa shape index (κ2) is 6.46. The van der Waals surface area contributed by atoms with Crippen molar-refractivity contribution in [3.63, 3.8) is 0 Å². The molecule has 1 fully saturated rings. The summed E-state index contributed by atoms with van der Waals surface area (Å²) < 4.78 is 0.364. The summed E-state index contributed by atoms with van der Waals surface area (Å²) >= 11 is 1.99. The zero-order valence-corrected chi connectivity index (χ0v) is 12.7. The van der Waals surface area contributed by atoms with E-state index in [9.17, 15) is 0 Å². The zero-order valence-electron chi connectivity index (χ0n) is 11.9. The van der Waals surface area contributed by atoms with Gasteiger partial charge in [0, 0.05) is 16.9 Å². The minimum atomic E-state index is 0.364. The van der Waals surface area contributed by atoms with Crippen molar-refractivity contribution in [1.82, 2.24) is 9.97 Å². The summed E-state index contributed by atoms with van der Waals surface area (Å²) in [6.45, 7) is 3.06. The average molecular weight is 280 g/mol. The maximum atomic E-state index is 5.91. The van der Waals surface area contributed by atoms with Crippen molar-refractivity contribution in [3.8, 4) is 0 Å². The molecule has 4 nitrogen and oxygen atoms in total. The molecule has 0 aliphatic heterocycles. The second-order valence-electron chi connectivity index (χ2n) is 5.24. The highest BCUT2D eigenvalue weighted by Crippen LogP contribution is 2.38. The molecule has 1 aliphatic rings. The molecule has 0 radical (unpaired) electrons. The molecule has 0 bridgehead atoms. The van der Waals surface area contributed by atoms with E-state index in [-0.39, 0.29) is 0 Å². The molecule has 5 heteroatoms. The number of hydrogen-bond donors (Lipinski definition) is 2. The zero-order chi connectivity index (χ0) is 13.7. The fraction of sp³-hybridized carbons (Fsp3) is 0.714. The summed E-state index contributed by atoms with van der Waals surface area (Å²) in [7, 11) is 0. The van der Waals surface area contributed by atoms with Crippen LogP contribution in [0.3, 0.4) is 0 Å². The number of anilines is 2. The lowest BCUT2D eigenvalue weighted by atomic mass is 9.88. The highest BCUT2D eigenvalue weighted by atomic mass is 32.2. The first-order valence-electron chi connectivity index (χ1n) is 7.09. The molecule has 106 valence electrons. The van der Waals surface area contributed by atoms with Crippen molar-refractivity contribution in [1.29, 1.82) is 0 Å². The number of rotatable bonds is 5. The van der Waals surface area contributed by atoms with Crippen LogP contribution in [0.15, 0.2) is 6.33 Å². The molecular weight excluding hydrogens is 256 g/mol. The minimum Gasteiger partial charge on any atom is -0.383 e. The Bertz CT molecular complexity index is 416. The number of thioether (sulfide) groups is 1. The smallest absolute Gasteiger partial charge is 0.134 e. The third-order valence-corrected chi connectivity index (χ3v) is 5.53. The van der Waals surface area contributed by atoms with E-state index in [0.29, 0.717) is 10.6 Å². The number of nitrogens with one attached hydrogen (secondary N) is 1. The summed E-state index contributed by atoms with van der Waals surface area (Å²) in [5.41, 5.74) is 6.95. The Morgan fingerprint density at radius 1 is 1.32 bits per heavy atom. The van der Waals surface area contributed by atoms with Crippen molar-refractivity contribution in [3.05, 3.63) is 11.9 Å². The van der Waals surface area contributed by atoms with E-state index >= 15 is 0 Å². The normalized spacial score (nSPS) is 18.2. The minimum absolute atomic E-state index is 0.364. The van der Waals surface area contributed by atoms with Crippen molar-refractivity contribution in [2.24, 2.45) is 0 Å². The van der Waals surface area contributed by atoms with Crippen LogP contribution in [0.5, 0.6) is 0 Å². The lowest BCUT2D eigenvalue weighted by molar-refractivity contribution is 0.411. The SMILES string of the molecule is CCc1c(N)ncnc1NCC1(SC)CCCCC1. The van der Waals surface area contributed by atoms with Gasteiger partial charge < -0.3 is 11.1 Å². The van der Waals surface area contributed by atoms with Gasteiger partial charge in [-0.25, -0.2) is 9.97 Å². The summed E-state index contributed by atoms with van der Waals surface area (Å²) in [5.74, 6) is 1.51. The molecule has 1 aromatic rings. The third-order valence-electron chi connectivity index (χ3n) is 4.11. The van der Waals surface area contributed by atoms with Gasteiger partial charge in [0.05, 0.1) is 0 Å². The van der Waals surface area contributed by atoms with Gasteiger partial charge in [0.2, 0.25) is 0 Å². The Morgan fingerprint density at radius 2 is 2.05 bits per heavy atom. The van der Waals surface area contributed by atoms with Gasteiger partial charge in [0.1, 0.15) is 18.0 Å². The molecule has 1 aromatic heterocycles. The standard InChI is InChI=1S/C14H24N4S/c1-3-11-12(15)17-10-18-13(11)16-9-14(19-2)7-5-4-6-8-14/h10H,3-9H2,1-2H3,(H3,15,16,17,18). The van der Waals surface area contributed by atoms with E-state index in [4.69, 9.17) is 5.73 Å². The maximum absolute atomic E-state index is 5.91. The van der Waals surface area contributed by atoms with Crippen LogP contribution in [0.25, 0.3) is 0 Å². The number of hydrogen-bond acceptors (Lipinski definition) is 5. The fourth-order valence-corrected chi connectivity index (χ4v) is 3.73. The van der Waals surface area contributed by atoms with E-state index in [1.54, 1.807) is 6.33 Å². The first-order valence-corrected chi connectivity index (χ1v) is 8.31. The Morgan fingerprint density at radius 3 is 2.68 bits per heavy atom. The van der Waals surface area contributed by atoms with Gasteiger partial charge in [-0.3, -0.25) is 0 Å². The van der Waals surface area contributed by atoms with Crippen LogP contribution in [0, 0.1) is 0 Å². The molecule has 3 N–H and O–H groups in total. The summed E-state index contributed by atoms with van der Waals surface area (Å²) in [6.07, 6.45) is 11.3. The Kier molecular flexibility index (Phi) is 4.91. The number of nitrogens with two attached hydrogens (primary N) is 1. The lowest BCUT2D eigenvalue weighted by Gasteiger charge is -2.36. The summed E-state index contributed by atoms with van der Waals surface area (Å²) in [4.78, 5) is 8.41. The molecule has 1 saturated carbocycles. The largest absolute Gasteiger partial charge is 0.383 e. The summed E-state index contributed by atoms with van der Waals surface area (Å²) in [5, 5.41) is 3.51. The van der Waals surface area contributed by atoms with Gasteiger partial charge >= 0.3 is 0 Å². The van der Waals surface area contributed by atoms with E-state index < -0.39 is 0 Å². The predicted octanol–water partition coefficient (Wildman–Crippen LogP) is 3.10. The lowest BCUT2D eigenvalue weighted by Crippen LogP contribution is -2.36. The molecular formula is C14H24N4S. The monoisotopic (exact) mass is 280 g/mol. The second-order valence-corrected chi connectivity index (χ2v) is 6.52. The molecule has 2 rings (SSSR count). The van der Waals surface area contributed by atoms with Gasteiger partial charge in [-0.05, 0) is 25.5 Å². The van der Waals surface area contributed by atoms with Crippen LogP contribution in [-0.2, 0) is 6.42 Å². The Hall–Kier alpha value is -0.970. The van der Waals surface area contributed by atoms with Crippen molar-refractivity contribution in [2.75, 3.05) is 23.9 Å². The number of nitrogens with zero attached hydrogens (tertiary/aromatic N) is 2. The van der Waals surface area contributed by atoms with Crippen LogP contribution < -0.4 is 11.1 Å². The van der Waals surface area contributed by atoms with Crippen LogP contribution >= 0.6 is 11.8 Å². The molecule has 19 heavy (non-hydrogen) atoms. The van der Waals surface area contributed by atoms with Crippen LogP contribution in [0.4, 0.5) is 11.6 Å². The van der Waals surface area contributed by atoms with E-state index in [0.717, 1.165) is 24.3 Å². The average Bonchev–Trinajstić information content (AvgIpc) is 2.46. The van der Waals surface area contributed by atoms with Gasteiger partial charge in [-0.2, -0.15) is 11.8 Å². The van der Waals surface area contributed by atoms with Crippen LogP contribution in [0.1, 0.15) is 44.6 Å². The molecule has 0 unspecified atom stereocenters. The van der Waals surface area contributed by atoms with E-state index in [2.05, 4.69) is 28.5 Å². The van der Waals surface area contributed by atoms with Gasteiger partial charge in [-0.1, -0.05) is 26.2 Å². The predicted molar refractivity (Wildman–Crippen MR) is 83.6 cm³/mol. The van der Waals surface area contributed by atoms with Gasteiger partial charge in [-0.15, -0.1) is 0 Å². The number of aromatic nitrogens is 2. The first-order chi connectivity index (χ1) is 9.21. The third kappa shape index (κ3) is 3.32.